The van der Waals surface area contributed by atoms with Gasteiger partial charge in [0.1, 0.15) is 0 Å². The zero-order valence-corrected chi connectivity index (χ0v) is 12.6. The molecule has 0 atom stereocenters. The fourth-order valence-corrected chi connectivity index (χ4v) is 3.30. The molecule has 0 radical (unpaired) electrons. The molecule has 0 amide bonds. The second-order valence-electron chi connectivity index (χ2n) is 6.15. The molecule has 1 fully saturated rings. The zero-order valence-electron chi connectivity index (χ0n) is 12.6. The van der Waals surface area contributed by atoms with Crippen molar-refractivity contribution in [2.75, 3.05) is 19.8 Å². The number of hydrogen-bond donors (Lipinski definition) is 2. The predicted octanol–water partition coefficient (Wildman–Crippen LogP) is 2.63. The summed E-state index contributed by atoms with van der Waals surface area (Å²) in [6.07, 6.45) is 6.69. The molecule has 0 bridgehead atoms. The lowest BCUT2D eigenvalue weighted by Gasteiger charge is -2.37. The van der Waals surface area contributed by atoms with Gasteiger partial charge in [-0.15, -0.1) is 0 Å². The van der Waals surface area contributed by atoms with Gasteiger partial charge in [0.05, 0.1) is 19.8 Å². The molecule has 1 aliphatic heterocycles. The highest BCUT2D eigenvalue weighted by Gasteiger charge is 2.31. The van der Waals surface area contributed by atoms with Crippen molar-refractivity contribution in [3.63, 3.8) is 0 Å². The van der Waals surface area contributed by atoms with E-state index in [0.717, 1.165) is 36.3 Å². The molecule has 1 heterocycles. The number of nitrogens with one attached hydrogen (secondary N) is 1. The Hall–Kier alpha value is -1.26. The highest BCUT2D eigenvalue weighted by Crippen LogP contribution is 2.34. The Morgan fingerprint density at radius 2 is 1.86 bits per heavy atom. The number of hydrogen-bond acceptors (Lipinski definition) is 4. The SMILES string of the molecule is OCC1(NCc2cccc3c2OCCCO3)CCCCC1. The van der Waals surface area contributed by atoms with Gasteiger partial charge in [0.25, 0.3) is 0 Å². The zero-order chi connectivity index (χ0) is 14.5. The van der Waals surface area contributed by atoms with E-state index in [1.807, 2.05) is 12.1 Å². The second-order valence-corrected chi connectivity index (χ2v) is 6.15. The van der Waals surface area contributed by atoms with E-state index in [-0.39, 0.29) is 12.1 Å². The van der Waals surface area contributed by atoms with E-state index in [9.17, 15) is 5.11 Å². The minimum Gasteiger partial charge on any atom is -0.490 e. The van der Waals surface area contributed by atoms with Crippen molar-refractivity contribution >= 4 is 0 Å². The number of ether oxygens (including phenoxy) is 2. The highest BCUT2D eigenvalue weighted by atomic mass is 16.5. The van der Waals surface area contributed by atoms with E-state index in [2.05, 4.69) is 11.4 Å². The molecule has 2 aliphatic rings. The molecule has 4 nitrogen and oxygen atoms in total. The summed E-state index contributed by atoms with van der Waals surface area (Å²) in [6.45, 7) is 2.34. The summed E-state index contributed by atoms with van der Waals surface area (Å²) < 4.78 is 11.6. The molecular weight excluding hydrogens is 266 g/mol. The van der Waals surface area contributed by atoms with E-state index >= 15 is 0 Å². The summed E-state index contributed by atoms with van der Waals surface area (Å²) in [6, 6.07) is 6.05. The maximum absolute atomic E-state index is 9.78. The van der Waals surface area contributed by atoms with Gasteiger partial charge < -0.3 is 19.9 Å². The van der Waals surface area contributed by atoms with E-state index in [1.165, 1.54) is 19.3 Å². The molecule has 0 unspecified atom stereocenters. The van der Waals surface area contributed by atoms with Crippen molar-refractivity contribution in [3.8, 4) is 11.5 Å². The molecule has 0 saturated heterocycles. The smallest absolute Gasteiger partial charge is 0.165 e. The summed E-state index contributed by atoms with van der Waals surface area (Å²) in [7, 11) is 0. The lowest BCUT2D eigenvalue weighted by atomic mass is 9.82. The van der Waals surface area contributed by atoms with Crippen LogP contribution in [0.5, 0.6) is 11.5 Å². The average Bonchev–Trinajstić information content (AvgIpc) is 2.79. The van der Waals surface area contributed by atoms with Gasteiger partial charge in [0, 0.05) is 24.1 Å². The number of rotatable bonds is 4. The van der Waals surface area contributed by atoms with Crippen molar-refractivity contribution in [1.82, 2.24) is 5.32 Å². The van der Waals surface area contributed by atoms with Crippen molar-refractivity contribution in [3.05, 3.63) is 23.8 Å². The van der Waals surface area contributed by atoms with Gasteiger partial charge in [-0.1, -0.05) is 31.4 Å². The Balaban J connectivity index is 1.72. The lowest BCUT2D eigenvalue weighted by Crippen LogP contribution is -2.49. The van der Waals surface area contributed by atoms with Crippen LogP contribution < -0.4 is 14.8 Å². The third-order valence-electron chi connectivity index (χ3n) is 4.62. The van der Waals surface area contributed by atoms with Gasteiger partial charge in [-0.2, -0.15) is 0 Å². The molecule has 116 valence electrons. The van der Waals surface area contributed by atoms with Crippen LogP contribution in [0.1, 0.15) is 44.1 Å². The molecule has 4 heteroatoms. The Morgan fingerprint density at radius 1 is 1.05 bits per heavy atom. The molecule has 1 aromatic carbocycles. The average molecular weight is 291 g/mol. The largest absolute Gasteiger partial charge is 0.490 e. The summed E-state index contributed by atoms with van der Waals surface area (Å²) in [5.41, 5.74) is 1.000. The first-order chi connectivity index (χ1) is 10.3. The van der Waals surface area contributed by atoms with E-state index in [1.54, 1.807) is 0 Å². The molecule has 21 heavy (non-hydrogen) atoms. The van der Waals surface area contributed by atoms with Gasteiger partial charge in [0.2, 0.25) is 0 Å². The van der Waals surface area contributed by atoms with Crippen LogP contribution in [0.2, 0.25) is 0 Å². The van der Waals surface area contributed by atoms with E-state index < -0.39 is 0 Å². The maximum atomic E-state index is 9.78. The van der Waals surface area contributed by atoms with Gasteiger partial charge in [-0.25, -0.2) is 0 Å². The Morgan fingerprint density at radius 3 is 2.67 bits per heavy atom. The van der Waals surface area contributed by atoms with E-state index in [4.69, 9.17) is 9.47 Å². The fourth-order valence-electron chi connectivity index (χ4n) is 3.30. The summed E-state index contributed by atoms with van der Waals surface area (Å²) in [5, 5.41) is 13.4. The van der Waals surface area contributed by atoms with E-state index in [0.29, 0.717) is 19.8 Å². The number of aliphatic hydroxyl groups excluding tert-OH is 1. The number of fused-ring (bicyclic) bond motifs is 1. The number of benzene rings is 1. The molecule has 1 saturated carbocycles. The Kier molecular flexibility index (Phi) is 4.66. The van der Waals surface area contributed by atoms with Crippen LogP contribution in [0.25, 0.3) is 0 Å². The number of aliphatic hydroxyl groups is 1. The summed E-state index contributed by atoms with van der Waals surface area (Å²) in [5.74, 6) is 1.71. The van der Waals surface area contributed by atoms with Crippen LogP contribution in [-0.4, -0.2) is 30.5 Å². The molecule has 1 aromatic rings. The van der Waals surface area contributed by atoms with Gasteiger partial charge in [-0.05, 0) is 18.9 Å². The number of para-hydroxylation sites is 1. The monoisotopic (exact) mass is 291 g/mol. The van der Waals surface area contributed by atoms with Crippen molar-refractivity contribution < 1.29 is 14.6 Å². The second kappa shape index (κ2) is 6.67. The fraction of sp³-hybridized carbons (Fsp3) is 0.647. The minimum absolute atomic E-state index is 0.118. The molecule has 3 rings (SSSR count). The third-order valence-corrected chi connectivity index (χ3v) is 4.62. The Labute approximate surface area is 126 Å². The molecule has 0 spiro atoms. The topological polar surface area (TPSA) is 50.7 Å². The van der Waals surface area contributed by atoms with Crippen LogP contribution >= 0.6 is 0 Å². The Bertz CT molecular complexity index is 469. The molecule has 2 N–H and O–H groups in total. The van der Waals surface area contributed by atoms with Crippen LogP contribution in [-0.2, 0) is 6.54 Å². The van der Waals surface area contributed by atoms with Crippen LogP contribution in [0.15, 0.2) is 18.2 Å². The summed E-state index contributed by atoms with van der Waals surface area (Å²) in [4.78, 5) is 0. The maximum Gasteiger partial charge on any atom is 0.165 e. The van der Waals surface area contributed by atoms with Gasteiger partial charge >= 0.3 is 0 Å². The normalized spacial score (nSPS) is 20.8. The first-order valence-electron chi connectivity index (χ1n) is 8.06. The standard InChI is InChI=1S/C17H25NO3/c19-13-17(8-2-1-3-9-17)18-12-14-6-4-7-15-16(14)21-11-5-10-20-15/h4,6-7,18-19H,1-3,5,8-13H2. The first-order valence-corrected chi connectivity index (χ1v) is 8.06. The first kappa shape index (κ1) is 14.7. The van der Waals surface area contributed by atoms with Crippen LogP contribution in [0.4, 0.5) is 0 Å². The highest BCUT2D eigenvalue weighted by molar-refractivity contribution is 5.47. The third kappa shape index (κ3) is 3.33. The van der Waals surface area contributed by atoms with Crippen LogP contribution in [0.3, 0.4) is 0 Å². The van der Waals surface area contributed by atoms with Crippen molar-refractivity contribution in [2.24, 2.45) is 0 Å². The lowest BCUT2D eigenvalue weighted by molar-refractivity contribution is 0.119. The molecule has 1 aliphatic carbocycles. The predicted molar refractivity (Wildman–Crippen MR) is 81.8 cm³/mol. The van der Waals surface area contributed by atoms with Gasteiger partial charge in [-0.3, -0.25) is 0 Å². The van der Waals surface area contributed by atoms with Crippen LogP contribution in [0, 0.1) is 0 Å². The van der Waals surface area contributed by atoms with Crippen molar-refractivity contribution in [2.45, 2.75) is 50.6 Å². The van der Waals surface area contributed by atoms with Gasteiger partial charge in [0.15, 0.2) is 11.5 Å². The van der Waals surface area contributed by atoms with Crippen molar-refractivity contribution in [1.29, 1.82) is 0 Å². The molecule has 0 aromatic heterocycles. The summed E-state index contributed by atoms with van der Waals surface area (Å²) >= 11 is 0. The quantitative estimate of drug-likeness (QED) is 0.895. The molecular formula is C17H25NO3. The minimum atomic E-state index is -0.118.